The molecule has 38 heavy (non-hydrogen) atoms. The third kappa shape index (κ3) is 6.69. The monoisotopic (exact) mass is 593 g/mol. The Morgan fingerprint density at radius 3 is 1.58 bits per heavy atom. The lowest BCUT2D eigenvalue weighted by molar-refractivity contribution is 0.264. The van der Waals surface area contributed by atoms with Crippen molar-refractivity contribution in [1.29, 1.82) is 0 Å². The molecule has 0 amide bonds. The first-order chi connectivity index (χ1) is 17.5. The molecule has 2 aromatic heterocycles. The van der Waals surface area contributed by atoms with E-state index in [1.165, 1.54) is 23.7 Å². The summed E-state index contributed by atoms with van der Waals surface area (Å²) in [6, 6.07) is 4.57. The molecule has 0 N–H and O–H groups in total. The number of fused-ring (bicyclic) bond motifs is 2. The fourth-order valence-electron chi connectivity index (χ4n) is 5.15. The molecule has 0 saturated heterocycles. The van der Waals surface area contributed by atoms with Gasteiger partial charge in [0.25, 0.3) is 22.2 Å². The molecule has 3 aromatic rings. The van der Waals surface area contributed by atoms with Crippen LogP contribution in [0.3, 0.4) is 0 Å². The van der Waals surface area contributed by atoms with Crippen molar-refractivity contribution in [3.63, 3.8) is 0 Å². The Labute approximate surface area is 228 Å². The molecule has 0 aliphatic heterocycles. The first kappa shape index (κ1) is 30.8. The zero-order valence-corrected chi connectivity index (χ0v) is 28.1. The van der Waals surface area contributed by atoms with Gasteiger partial charge >= 0.3 is 8.80 Å². The summed E-state index contributed by atoms with van der Waals surface area (Å²) in [5.41, 5.74) is -1.78. The molecular formula is C25H41N2O7Si4. The van der Waals surface area contributed by atoms with E-state index < -0.39 is 56.7 Å². The predicted octanol–water partition coefficient (Wildman–Crippen LogP) is 3.92. The average Bonchev–Trinajstić information content (AvgIpc) is 3.14. The maximum Gasteiger partial charge on any atom is 0.466 e. The normalized spacial score (nSPS) is 14.7. The Morgan fingerprint density at radius 2 is 1.16 bits per heavy atom. The summed E-state index contributed by atoms with van der Waals surface area (Å²) >= 11 is 0. The van der Waals surface area contributed by atoms with E-state index in [0.29, 0.717) is 6.42 Å². The first-order valence-corrected chi connectivity index (χ1v) is 24.1. The molecule has 13 heteroatoms. The summed E-state index contributed by atoms with van der Waals surface area (Å²) in [4.78, 5) is 50.9. The Kier molecular flexibility index (Phi) is 9.23. The molecule has 0 saturated carbocycles. The van der Waals surface area contributed by atoms with Crippen LogP contribution < -0.4 is 22.2 Å². The van der Waals surface area contributed by atoms with E-state index in [1.54, 1.807) is 0 Å². The van der Waals surface area contributed by atoms with E-state index in [2.05, 4.69) is 46.2 Å². The van der Waals surface area contributed by atoms with Gasteiger partial charge in [0.2, 0.25) is 0 Å². The lowest BCUT2D eigenvalue weighted by Gasteiger charge is -2.40. The highest BCUT2D eigenvalue weighted by Crippen LogP contribution is 2.28. The fraction of sp³-hybridized carbons (Fsp3) is 0.600. The van der Waals surface area contributed by atoms with Gasteiger partial charge in [0.1, 0.15) is 0 Å². The molecule has 1 atom stereocenters. The highest BCUT2D eigenvalue weighted by atomic mass is 28.5. The molecule has 209 valence electrons. The number of unbranched alkanes of at least 4 members (excludes halogenated alkanes) is 1. The van der Waals surface area contributed by atoms with Crippen molar-refractivity contribution in [2.24, 2.45) is 7.05 Å². The van der Waals surface area contributed by atoms with Gasteiger partial charge in [-0.2, -0.15) is 0 Å². The van der Waals surface area contributed by atoms with Gasteiger partial charge in [-0.05, 0) is 69.9 Å². The summed E-state index contributed by atoms with van der Waals surface area (Å²) in [6.07, 6.45) is 2.84. The van der Waals surface area contributed by atoms with E-state index >= 15 is 0 Å². The van der Waals surface area contributed by atoms with Crippen LogP contribution in [-0.4, -0.2) is 43.6 Å². The summed E-state index contributed by atoms with van der Waals surface area (Å²) in [7, 11) is -6.74. The first-order valence-electron chi connectivity index (χ1n) is 13.3. The maximum atomic E-state index is 13.1. The molecular weight excluding hydrogens is 553 g/mol. The topological polar surface area (TPSA) is 106 Å². The highest BCUT2D eigenvalue weighted by Gasteiger charge is 2.45. The lowest BCUT2D eigenvalue weighted by atomic mass is 10.1. The fourth-order valence-corrected chi connectivity index (χ4v) is 20.8. The van der Waals surface area contributed by atoms with Gasteiger partial charge in [0.05, 0.1) is 21.5 Å². The average molecular weight is 594 g/mol. The minimum atomic E-state index is -2.87. The molecule has 0 fully saturated rings. The van der Waals surface area contributed by atoms with Gasteiger partial charge in [-0.3, -0.25) is 28.3 Å². The van der Waals surface area contributed by atoms with Crippen molar-refractivity contribution in [2.45, 2.75) is 90.6 Å². The van der Waals surface area contributed by atoms with Crippen LogP contribution in [0, 0.1) is 0 Å². The van der Waals surface area contributed by atoms with Crippen molar-refractivity contribution >= 4 is 56.0 Å². The van der Waals surface area contributed by atoms with Crippen LogP contribution in [0.25, 0.3) is 21.5 Å². The number of hydrogen-bond donors (Lipinski definition) is 0. The van der Waals surface area contributed by atoms with Crippen LogP contribution in [0.4, 0.5) is 0 Å². The SMILES string of the molecule is CCCC[Si](C)(C)O[Si](C)(O[Si](C)C)O[Si](C)(C)CCCn1c(=O)c2cc3c(=O)n(C)c(=O)c3cc2c1=O. The van der Waals surface area contributed by atoms with Crippen molar-refractivity contribution < 1.29 is 12.3 Å². The molecule has 0 aliphatic carbocycles. The van der Waals surface area contributed by atoms with Gasteiger partial charge in [0.15, 0.2) is 25.7 Å². The van der Waals surface area contributed by atoms with Gasteiger partial charge < -0.3 is 12.3 Å². The number of nitrogens with zero attached hydrogens (tertiary/aromatic N) is 2. The Bertz CT molecular complexity index is 1440. The smallest absolute Gasteiger partial charge is 0.417 e. The Morgan fingerprint density at radius 1 is 0.737 bits per heavy atom. The zero-order valence-electron chi connectivity index (χ0n) is 24.1. The summed E-state index contributed by atoms with van der Waals surface area (Å²) < 4.78 is 22.1. The van der Waals surface area contributed by atoms with Crippen molar-refractivity contribution in [1.82, 2.24) is 9.13 Å². The number of benzene rings is 1. The van der Waals surface area contributed by atoms with Gasteiger partial charge in [-0.1, -0.05) is 19.8 Å². The highest BCUT2D eigenvalue weighted by molar-refractivity contribution is 6.87. The van der Waals surface area contributed by atoms with Crippen molar-refractivity contribution in [3.05, 3.63) is 53.5 Å². The van der Waals surface area contributed by atoms with Gasteiger partial charge in [-0.15, -0.1) is 0 Å². The number of rotatable bonds is 13. The molecule has 0 aliphatic rings. The Balaban J connectivity index is 1.79. The predicted molar refractivity (Wildman–Crippen MR) is 162 cm³/mol. The van der Waals surface area contributed by atoms with E-state index in [4.69, 9.17) is 12.3 Å². The molecule has 1 radical (unpaired) electrons. The summed E-state index contributed by atoms with van der Waals surface area (Å²) in [6.45, 7) is 17.3. The quantitative estimate of drug-likeness (QED) is 0.277. The van der Waals surface area contributed by atoms with Crippen LogP contribution in [0.1, 0.15) is 26.2 Å². The number of aromatic nitrogens is 2. The second-order valence-corrected chi connectivity index (χ2v) is 25.7. The lowest BCUT2D eigenvalue weighted by Crippen LogP contribution is -2.57. The van der Waals surface area contributed by atoms with E-state index in [1.807, 2.05) is 6.55 Å². The van der Waals surface area contributed by atoms with Crippen LogP contribution in [0.5, 0.6) is 0 Å². The molecule has 1 unspecified atom stereocenters. The van der Waals surface area contributed by atoms with Crippen molar-refractivity contribution in [3.8, 4) is 0 Å². The van der Waals surface area contributed by atoms with E-state index in [0.717, 1.165) is 29.5 Å². The van der Waals surface area contributed by atoms with Gasteiger partial charge in [-0.25, -0.2) is 0 Å². The molecule has 9 nitrogen and oxygen atoms in total. The van der Waals surface area contributed by atoms with Crippen molar-refractivity contribution in [2.75, 3.05) is 0 Å². The molecule has 2 heterocycles. The zero-order chi connectivity index (χ0) is 28.6. The minimum Gasteiger partial charge on any atom is -0.417 e. The minimum absolute atomic E-state index is 0.170. The molecule has 1 aromatic carbocycles. The van der Waals surface area contributed by atoms with E-state index in [9.17, 15) is 19.2 Å². The summed E-state index contributed by atoms with van der Waals surface area (Å²) in [5, 5.41) is 0.700. The van der Waals surface area contributed by atoms with Crippen LogP contribution in [0.15, 0.2) is 31.3 Å². The van der Waals surface area contributed by atoms with Crippen LogP contribution in [-0.2, 0) is 25.9 Å². The molecule has 0 spiro atoms. The standard InChI is InChI=1S/C25H41N2O7Si4/c1-10-11-14-36(5,6)33-38(9,32-35(3)4)34-37(7,8)15-12-13-27-24(30)20-16-18-19(17-21(20)25(27)31)23(29)26(2)22(18)28/h16-17H,10-15H2,1-9H3. The molecule has 3 rings (SSSR count). The van der Waals surface area contributed by atoms with E-state index in [-0.39, 0.29) is 28.1 Å². The second kappa shape index (κ2) is 11.4. The third-order valence-corrected chi connectivity index (χ3v) is 20.4. The third-order valence-electron chi connectivity index (χ3n) is 6.78. The maximum absolute atomic E-state index is 13.1. The summed E-state index contributed by atoms with van der Waals surface area (Å²) in [5.74, 6) is 0. The second-order valence-electron chi connectivity index (χ2n) is 11.7. The van der Waals surface area contributed by atoms with Crippen LogP contribution in [0.2, 0.25) is 57.9 Å². The van der Waals surface area contributed by atoms with Gasteiger partial charge in [0, 0.05) is 20.1 Å². The molecule has 0 bridgehead atoms. The largest absolute Gasteiger partial charge is 0.466 e. The van der Waals surface area contributed by atoms with Crippen LogP contribution >= 0.6 is 0 Å². The Hall–Kier alpha value is -1.75. The number of hydrogen-bond acceptors (Lipinski definition) is 7.